The predicted octanol–water partition coefficient (Wildman–Crippen LogP) is 2.74. The number of hydrogen-bond donors (Lipinski definition) is 2. The second-order valence-electron chi connectivity index (χ2n) is 7.37. The number of carbonyl (C=O) groups is 2. The summed E-state index contributed by atoms with van der Waals surface area (Å²) < 4.78 is 10.6. The smallest absolute Gasteiger partial charge is 0.408 e. The van der Waals surface area contributed by atoms with Gasteiger partial charge >= 0.3 is 12.1 Å². The molecule has 1 amide bonds. The molecular formula is C16H32N2O4. The molecule has 0 heterocycles. The first-order valence-corrected chi connectivity index (χ1v) is 7.87. The van der Waals surface area contributed by atoms with Gasteiger partial charge in [-0.25, -0.2) is 9.59 Å². The van der Waals surface area contributed by atoms with E-state index in [0.717, 1.165) is 19.3 Å². The highest BCUT2D eigenvalue weighted by Gasteiger charge is 2.28. The number of hydrogen-bond acceptors (Lipinski definition) is 5. The van der Waals surface area contributed by atoms with Gasteiger partial charge in [0.25, 0.3) is 0 Å². The van der Waals surface area contributed by atoms with E-state index < -0.39 is 29.3 Å². The fraction of sp³-hybridized carbons (Fsp3) is 0.875. The van der Waals surface area contributed by atoms with Crippen molar-refractivity contribution in [2.24, 2.45) is 5.73 Å². The lowest BCUT2D eigenvalue weighted by Gasteiger charge is -2.26. The summed E-state index contributed by atoms with van der Waals surface area (Å²) in [5.41, 5.74) is 4.25. The molecule has 6 heteroatoms. The zero-order valence-electron chi connectivity index (χ0n) is 14.8. The molecule has 0 saturated carbocycles. The van der Waals surface area contributed by atoms with Crippen LogP contribution in [0, 0.1) is 0 Å². The van der Waals surface area contributed by atoms with Crippen LogP contribution in [0.3, 0.4) is 0 Å². The minimum Gasteiger partial charge on any atom is -0.458 e. The Morgan fingerprint density at radius 3 is 1.95 bits per heavy atom. The van der Waals surface area contributed by atoms with Crippen molar-refractivity contribution in [2.45, 2.75) is 84.5 Å². The molecule has 1 atom stereocenters. The number of rotatable bonds is 7. The van der Waals surface area contributed by atoms with Crippen molar-refractivity contribution in [2.75, 3.05) is 6.54 Å². The lowest BCUT2D eigenvalue weighted by molar-refractivity contribution is -0.157. The maximum atomic E-state index is 12.2. The summed E-state index contributed by atoms with van der Waals surface area (Å²) in [6.45, 7) is 11.3. The molecular weight excluding hydrogens is 284 g/mol. The molecule has 22 heavy (non-hydrogen) atoms. The Labute approximate surface area is 134 Å². The molecule has 0 fully saturated rings. The molecule has 0 saturated heterocycles. The predicted molar refractivity (Wildman–Crippen MR) is 86.5 cm³/mol. The summed E-state index contributed by atoms with van der Waals surface area (Å²) in [6, 6.07) is -0.702. The van der Waals surface area contributed by atoms with E-state index >= 15 is 0 Å². The van der Waals surface area contributed by atoms with Gasteiger partial charge in [0.05, 0.1) is 0 Å². The molecule has 0 aliphatic rings. The molecule has 0 aliphatic heterocycles. The Kier molecular flexibility index (Phi) is 8.45. The highest BCUT2D eigenvalue weighted by atomic mass is 16.6. The molecule has 0 aromatic heterocycles. The van der Waals surface area contributed by atoms with E-state index in [2.05, 4.69) is 5.32 Å². The van der Waals surface area contributed by atoms with Crippen LogP contribution < -0.4 is 11.1 Å². The van der Waals surface area contributed by atoms with Gasteiger partial charge < -0.3 is 20.5 Å². The van der Waals surface area contributed by atoms with Crippen LogP contribution in [0.5, 0.6) is 0 Å². The quantitative estimate of drug-likeness (QED) is 0.556. The van der Waals surface area contributed by atoms with E-state index in [1.807, 2.05) is 0 Å². The Morgan fingerprint density at radius 1 is 0.955 bits per heavy atom. The van der Waals surface area contributed by atoms with Crippen LogP contribution in [0.4, 0.5) is 4.79 Å². The second kappa shape index (κ2) is 8.98. The largest absolute Gasteiger partial charge is 0.458 e. The van der Waals surface area contributed by atoms with E-state index in [1.165, 1.54) is 0 Å². The monoisotopic (exact) mass is 316 g/mol. The summed E-state index contributed by atoms with van der Waals surface area (Å²) in [6.07, 6.45) is 2.49. The van der Waals surface area contributed by atoms with E-state index in [4.69, 9.17) is 15.2 Å². The van der Waals surface area contributed by atoms with E-state index in [-0.39, 0.29) is 0 Å². The van der Waals surface area contributed by atoms with Gasteiger partial charge in [0.1, 0.15) is 17.2 Å². The molecule has 0 spiro atoms. The summed E-state index contributed by atoms with van der Waals surface area (Å²) in [5, 5.41) is 2.61. The van der Waals surface area contributed by atoms with E-state index in [1.54, 1.807) is 41.5 Å². The highest BCUT2D eigenvalue weighted by Crippen LogP contribution is 2.13. The van der Waals surface area contributed by atoms with Crippen molar-refractivity contribution >= 4 is 12.1 Å². The minimum atomic E-state index is -0.702. The van der Waals surface area contributed by atoms with Gasteiger partial charge in [-0.3, -0.25) is 0 Å². The minimum absolute atomic E-state index is 0.439. The van der Waals surface area contributed by atoms with Crippen molar-refractivity contribution in [3.05, 3.63) is 0 Å². The van der Waals surface area contributed by atoms with Gasteiger partial charge in [-0.2, -0.15) is 0 Å². The number of nitrogens with two attached hydrogens (primary N) is 1. The fourth-order valence-corrected chi connectivity index (χ4v) is 1.74. The van der Waals surface area contributed by atoms with Gasteiger partial charge in [0.15, 0.2) is 0 Å². The van der Waals surface area contributed by atoms with Crippen molar-refractivity contribution in [3.63, 3.8) is 0 Å². The zero-order chi connectivity index (χ0) is 17.4. The van der Waals surface area contributed by atoms with Crippen LogP contribution in [0.2, 0.25) is 0 Å². The Hall–Kier alpha value is -1.30. The Morgan fingerprint density at radius 2 is 1.50 bits per heavy atom. The number of carbonyl (C=O) groups excluding carboxylic acids is 2. The van der Waals surface area contributed by atoms with Gasteiger partial charge in [0.2, 0.25) is 0 Å². The maximum Gasteiger partial charge on any atom is 0.408 e. The number of nitrogens with one attached hydrogen (secondary N) is 1. The molecule has 130 valence electrons. The van der Waals surface area contributed by atoms with Gasteiger partial charge in [-0.15, -0.1) is 0 Å². The maximum absolute atomic E-state index is 12.2. The highest BCUT2D eigenvalue weighted by molar-refractivity contribution is 5.81. The van der Waals surface area contributed by atoms with Gasteiger partial charge in [-0.1, -0.05) is 12.8 Å². The molecule has 6 nitrogen and oxygen atoms in total. The summed E-state index contributed by atoms with van der Waals surface area (Å²) in [5.74, 6) is -0.439. The zero-order valence-corrected chi connectivity index (χ0v) is 14.8. The third-order valence-electron chi connectivity index (χ3n) is 2.58. The topological polar surface area (TPSA) is 90.6 Å². The summed E-state index contributed by atoms with van der Waals surface area (Å²) in [4.78, 5) is 24.1. The lowest BCUT2D eigenvalue weighted by atomic mass is 10.1. The number of amides is 1. The van der Waals surface area contributed by atoms with Crippen LogP contribution in [0.15, 0.2) is 0 Å². The number of alkyl carbamates (subject to hydrolysis) is 1. The first kappa shape index (κ1) is 20.7. The van der Waals surface area contributed by atoms with Gasteiger partial charge in [-0.05, 0) is 60.9 Å². The molecule has 0 aromatic rings. The van der Waals surface area contributed by atoms with E-state index in [0.29, 0.717) is 13.0 Å². The third-order valence-corrected chi connectivity index (χ3v) is 2.58. The van der Waals surface area contributed by atoms with Crippen LogP contribution >= 0.6 is 0 Å². The Bertz CT molecular complexity index is 356. The van der Waals surface area contributed by atoms with Crippen molar-refractivity contribution in [1.29, 1.82) is 0 Å². The molecule has 0 aromatic carbocycles. The summed E-state index contributed by atoms with van der Waals surface area (Å²) >= 11 is 0. The van der Waals surface area contributed by atoms with Crippen LogP contribution in [-0.4, -0.2) is 35.9 Å². The SMILES string of the molecule is CC(C)(C)OC(=O)NC(CCCCCN)C(=O)OC(C)(C)C. The molecule has 0 radical (unpaired) electrons. The van der Waals surface area contributed by atoms with Crippen LogP contribution in [0.1, 0.15) is 67.2 Å². The fourth-order valence-electron chi connectivity index (χ4n) is 1.74. The van der Waals surface area contributed by atoms with Crippen molar-refractivity contribution in [3.8, 4) is 0 Å². The van der Waals surface area contributed by atoms with Crippen molar-refractivity contribution in [1.82, 2.24) is 5.32 Å². The molecule has 0 bridgehead atoms. The average molecular weight is 316 g/mol. The molecule has 1 unspecified atom stereocenters. The molecule has 0 aliphatic carbocycles. The summed E-state index contributed by atoms with van der Waals surface area (Å²) in [7, 11) is 0. The molecule has 0 rings (SSSR count). The third kappa shape index (κ3) is 11.4. The first-order chi connectivity index (χ1) is 9.94. The second-order valence-corrected chi connectivity index (χ2v) is 7.37. The van der Waals surface area contributed by atoms with Gasteiger partial charge in [0, 0.05) is 0 Å². The van der Waals surface area contributed by atoms with Crippen molar-refractivity contribution < 1.29 is 19.1 Å². The first-order valence-electron chi connectivity index (χ1n) is 7.87. The number of esters is 1. The Balaban J connectivity index is 4.64. The van der Waals surface area contributed by atoms with E-state index in [9.17, 15) is 9.59 Å². The number of unbranched alkanes of at least 4 members (excludes halogenated alkanes) is 2. The number of ether oxygens (including phenoxy) is 2. The molecule has 3 N–H and O–H groups in total. The standard InChI is InChI=1S/C16H32N2O4/c1-15(2,3)21-13(19)12(10-8-7-9-11-17)18-14(20)22-16(4,5)6/h12H,7-11,17H2,1-6H3,(H,18,20). The average Bonchev–Trinajstić information content (AvgIpc) is 2.28. The van der Waals surface area contributed by atoms with Crippen LogP contribution in [-0.2, 0) is 14.3 Å². The van der Waals surface area contributed by atoms with Crippen LogP contribution in [0.25, 0.3) is 0 Å². The normalized spacial score (nSPS) is 13.4. The lowest BCUT2D eigenvalue weighted by Crippen LogP contribution is -2.46.